The zero-order valence-electron chi connectivity index (χ0n) is 9.17. The molecule has 2 aromatic rings. The molecular formula is C12H11ClN2O2. The van der Waals surface area contributed by atoms with Crippen molar-refractivity contribution in [3.05, 3.63) is 53.1 Å². The SMILES string of the molecule is COc1ccc(Cl)cc1C(O)c1ccncn1. The van der Waals surface area contributed by atoms with E-state index in [1.54, 1.807) is 37.6 Å². The number of hydrogen-bond acceptors (Lipinski definition) is 4. The van der Waals surface area contributed by atoms with Gasteiger partial charge in [0.25, 0.3) is 0 Å². The van der Waals surface area contributed by atoms with Gasteiger partial charge in [-0.15, -0.1) is 0 Å². The summed E-state index contributed by atoms with van der Waals surface area (Å²) < 4.78 is 5.18. The average Bonchev–Trinajstić information content (AvgIpc) is 2.39. The minimum absolute atomic E-state index is 0.501. The number of aliphatic hydroxyl groups excluding tert-OH is 1. The molecule has 1 heterocycles. The maximum atomic E-state index is 10.2. The highest BCUT2D eigenvalue weighted by Gasteiger charge is 2.16. The second-order valence-electron chi connectivity index (χ2n) is 3.42. The lowest BCUT2D eigenvalue weighted by atomic mass is 10.1. The number of hydrogen-bond donors (Lipinski definition) is 1. The largest absolute Gasteiger partial charge is 0.496 e. The van der Waals surface area contributed by atoms with Crippen molar-refractivity contribution in [2.45, 2.75) is 6.10 Å². The van der Waals surface area contributed by atoms with E-state index in [1.165, 1.54) is 6.33 Å². The summed E-state index contributed by atoms with van der Waals surface area (Å²) in [5.41, 5.74) is 1.08. The third-order valence-corrected chi connectivity index (χ3v) is 2.61. The summed E-state index contributed by atoms with van der Waals surface area (Å²) in [5, 5.41) is 10.7. The Bertz CT molecular complexity index is 505. The lowest BCUT2D eigenvalue weighted by molar-refractivity contribution is 0.209. The molecule has 0 fully saturated rings. The first-order valence-electron chi connectivity index (χ1n) is 5.00. The zero-order valence-corrected chi connectivity index (χ0v) is 9.93. The highest BCUT2D eigenvalue weighted by Crippen LogP contribution is 2.31. The summed E-state index contributed by atoms with van der Waals surface area (Å²) in [7, 11) is 1.54. The van der Waals surface area contributed by atoms with Crippen LogP contribution in [0.15, 0.2) is 36.8 Å². The van der Waals surface area contributed by atoms with Crippen LogP contribution in [0.25, 0.3) is 0 Å². The van der Waals surface area contributed by atoms with Gasteiger partial charge in [-0.1, -0.05) is 11.6 Å². The first kappa shape index (κ1) is 11.8. The van der Waals surface area contributed by atoms with E-state index in [9.17, 15) is 5.11 Å². The summed E-state index contributed by atoms with van der Waals surface area (Å²) in [6, 6.07) is 6.72. The van der Waals surface area contributed by atoms with Crippen LogP contribution in [0.5, 0.6) is 5.75 Å². The molecule has 1 atom stereocenters. The van der Waals surface area contributed by atoms with Crippen molar-refractivity contribution < 1.29 is 9.84 Å². The molecule has 0 saturated heterocycles. The molecular weight excluding hydrogens is 240 g/mol. The number of rotatable bonds is 3. The van der Waals surface area contributed by atoms with Gasteiger partial charge in [0.05, 0.1) is 12.8 Å². The molecule has 0 bridgehead atoms. The molecule has 1 N–H and O–H groups in total. The fraction of sp³-hybridized carbons (Fsp3) is 0.167. The monoisotopic (exact) mass is 250 g/mol. The van der Waals surface area contributed by atoms with Gasteiger partial charge in [-0.05, 0) is 24.3 Å². The molecule has 0 amide bonds. The van der Waals surface area contributed by atoms with E-state index in [4.69, 9.17) is 16.3 Å². The molecule has 1 unspecified atom stereocenters. The maximum absolute atomic E-state index is 10.2. The highest BCUT2D eigenvalue weighted by molar-refractivity contribution is 6.30. The Morgan fingerprint density at radius 1 is 1.35 bits per heavy atom. The van der Waals surface area contributed by atoms with Crippen molar-refractivity contribution in [3.63, 3.8) is 0 Å². The molecule has 0 saturated carbocycles. The van der Waals surface area contributed by atoms with Gasteiger partial charge in [0, 0.05) is 16.8 Å². The number of halogens is 1. The topological polar surface area (TPSA) is 55.2 Å². The van der Waals surface area contributed by atoms with E-state index in [1.807, 2.05) is 0 Å². The van der Waals surface area contributed by atoms with E-state index in [0.717, 1.165) is 0 Å². The highest BCUT2D eigenvalue weighted by atomic mass is 35.5. The molecule has 1 aromatic heterocycles. The molecule has 0 radical (unpaired) electrons. The van der Waals surface area contributed by atoms with Crippen molar-refractivity contribution in [2.24, 2.45) is 0 Å². The molecule has 1 aromatic carbocycles. The predicted molar refractivity (Wildman–Crippen MR) is 64.1 cm³/mol. The van der Waals surface area contributed by atoms with Crippen LogP contribution in [0.2, 0.25) is 5.02 Å². The van der Waals surface area contributed by atoms with Gasteiger partial charge in [0.1, 0.15) is 18.2 Å². The van der Waals surface area contributed by atoms with Gasteiger partial charge in [-0.25, -0.2) is 9.97 Å². The van der Waals surface area contributed by atoms with Crippen LogP contribution in [0, 0.1) is 0 Å². The number of benzene rings is 1. The van der Waals surface area contributed by atoms with Crippen molar-refractivity contribution in [2.75, 3.05) is 7.11 Å². The van der Waals surface area contributed by atoms with Gasteiger partial charge < -0.3 is 9.84 Å². The van der Waals surface area contributed by atoms with Gasteiger partial charge in [-0.3, -0.25) is 0 Å². The van der Waals surface area contributed by atoms with Crippen LogP contribution in [0.4, 0.5) is 0 Å². The third-order valence-electron chi connectivity index (χ3n) is 2.37. The number of nitrogens with zero attached hydrogens (tertiary/aromatic N) is 2. The summed E-state index contributed by atoms with van der Waals surface area (Å²) in [4.78, 5) is 7.80. The fourth-order valence-corrected chi connectivity index (χ4v) is 1.72. The van der Waals surface area contributed by atoms with Gasteiger partial charge in [0.15, 0.2) is 0 Å². The minimum Gasteiger partial charge on any atom is -0.496 e. The van der Waals surface area contributed by atoms with Gasteiger partial charge >= 0.3 is 0 Å². The molecule has 0 aliphatic carbocycles. The van der Waals surface area contributed by atoms with Crippen LogP contribution in [0.3, 0.4) is 0 Å². The molecule has 88 valence electrons. The Labute approximate surface area is 104 Å². The van der Waals surface area contributed by atoms with Crippen LogP contribution >= 0.6 is 11.6 Å². The first-order valence-corrected chi connectivity index (χ1v) is 5.37. The average molecular weight is 251 g/mol. The Hall–Kier alpha value is -1.65. The van der Waals surface area contributed by atoms with E-state index < -0.39 is 6.10 Å². The number of methoxy groups -OCH3 is 1. The molecule has 5 heteroatoms. The molecule has 17 heavy (non-hydrogen) atoms. The molecule has 2 rings (SSSR count). The van der Waals surface area contributed by atoms with Crippen molar-refractivity contribution in [1.82, 2.24) is 9.97 Å². The van der Waals surface area contributed by atoms with Crippen LogP contribution < -0.4 is 4.74 Å². The summed E-state index contributed by atoms with van der Waals surface area (Å²) in [6.07, 6.45) is 2.07. The van der Waals surface area contributed by atoms with E-state index in [2.05, 4.69) is 9.97 Å². The Morgan fingerprint density at radius 2 is 2.18 bits per heavy atom. The molecule has 0 aliphatic heterocycles. The second-order valence-corrected chi connectivity index (χ2v) is 3.86. The van der Waals surface area contributed by atoms with E-state index in [-0.39, 0.29) is 0 Å². The summed E-state index contributed by atoms with van der Waals surface area (Å²) in [6.45, 7) is 0. The second kappa shape index (κ2) is 5.12. The van der Waals surface area contributed by atoms with Gasteiger partial charge in [-0.2, -0.15) is 0 Å². The summed E-state index contributed by atoms with van der Waals surface area (Å²) >= 11 is 5.91. The normalized spacial score (nSPS) is 12.2. The molecule has 0 spiro atoms. The zero-order chi connectivity index (χ0) is 12.3. The number of aliphatic hydroxyl groups is 1. The quantitative estimate of drug-likeness (QED) is 0.908. The number of aromatic nitrogens is 2. The van der Waals surface area contributed by atoms with Crippen molar-refractivity contribution in [3.8, 4) is 5.75 Å². The van der Waals surface area contributed by atoms with E-state index >= 15 is 0 Å². The van der Waals surface area contributed by atoms with E-state index in [0.29, 0.717) is 22.0 Å². The standard InChI is InChI=1S/C12H11ClN2O2/c1-17-11-3-2-8(13)6-9(11)12(16)10-4-5-14-7-15-10/h2-7,12,16H,1H3. The fourth-order valence-electron chi connectivity index (χ4n) is 1.54. The molecule has 4 nitrogen and oxygen atoms in total. The van der Waals surface area contributed by atoms with Crippen LogP contribution in [0.1, 0.15) is 17.4 Å². The third kappa shape index (κ3) is 2.54. The minimum atomic E-state index is -0.883. The predicted octanol–water partition coefficient (Wildman–Crippen LogP) is 2.22. The van der Waals surface area contributed by atoms with Crippen molar-refractivity contribution >= 4 is 11.6 Å². The first-order chi connectivity index (χ1) is 8.22. The van der Waals surface area contributed by atoms with Crippen LogP contribution in [-0.4, -0.2) is 22.2 Å². The molecule has 0 aliphatic rings. The Balaban J connectivity index is 2.43. The van der Waals surface area contributed by atoms with Gasteiger partial charge in [0.2, 0.25) is 0 Å². The Morgan fingerprint density at radius 3 is 2.82 bits per heavy atom. The lowest BCUT2D eigenvalue weighted by Gasteiger charge is -2.14. The smallest absolute Gasteiger partial charge is 0.125 e. The van der Waals surface area contributed by atoms with Crippen molar-refractivity contribution in [1.29, 1.82) is 0 Å². The maximum Gasteiger partial charge on any atom is 0.125 e. The lowest BCUT2D eigenvalue weighted by Crippen LogP contribution is -2.04. The Kier molecular flexibility index (Phi) is 3.56. The number of ether oxygens (including phenoxy) is 1. The van der Waals surface area contributed by atoms with Crippen LogP contribution in [-0.2, 0) is 0 Å². The summed E-state index contributed by atoms with van der Waals surface area (Å²) in [5.74, 6) is 0.570.